The molecule has 6 heteroatoms. The van der Waals surface area contributed by atoms with Crippen LogP contribution in [0.5, 0.6) is 0 Å². The molecule has 0 unspecified atom stereocenters. The molecule has 1 saturated carbocycles. The molecular weight excluding hydrogens is 300 g/mol. The molecule has 0 aromatic heterocycles. The summed E-state index contributed by atoms with van der Waals surface area (Å²) in [6.07, 6.45) is 0. The van der Waals surface area contributed by atoms with E-state index >= 15 is 0 Å². The van der Waals surface area contributed by atoms with Crippen LogP contribution in [0.3, 0.4) is 0 Å². The van der Waals surface area contributed by atoms with E-state index in [2.05, 4.69) is 0 Å². The number of esters is 1. The summed E-state index contributed by atoms with van der Waals surface area (Å²) in [7, 11) is 0. The van der Waals surface area contributed by atoms with Gasteiger partial charge in [-0.2, -0.15) is 0 Å². The Bertz CT molecular complexity index is 607. The highest BCUT2D eigenvalue weighted by molar-refractivity contribution is 5.78. The minimum atomic E-state index is -1.53. The van der Waals surface area contributed by atoms with Gasteiger partial charge in [0, 0.05) is 5.56 Å². The molecule has 122 valence electrons. The van der Waals surface area contributed by atoms with Crippen LogP contribution in [-0.4, -0.2) is 5.97 Å². The lowest BCUT2D eigenvalue weighted by molar-refractivity contribution is -0.148. The second-order valence-corrected chi connectivity index (χ2v) is 6.84. The van der Waals surface area contributed by atoms with Crippen molar-refractivity contribution in [3.63, 3.8) is 0 Å². The lowest BCUT2D eigenvalue weighted by Gasteiger charge is -2.11. The molecule has 2 nitrogen and oxygen atoms in total. The van der Waals surface area contributed by atoms with Gasteiger partial charge in [0.1, 0.15) is 6.61 Å². The van der Waals surface area contributed by atoms with Crippen molar-refractivity contribution in [3.05, 3.63) is 34.4 Å². The molecule has 0 bridgehead atoms. The van der Waals surface area contributed by atoms with Crippen LogP contribution in [0.1, 0.15) is 38.8 Å². The number of hydrogen-bond acceptors (Lipinski definition) is 2. The first-order valence-corrected chi connectivity index (χ1v) is 6.92. The number of ether oxygens (including phenoxy) is 1. The highest BCUT2D eigenvalue weighted by atomic mass is 19.2. The summed E-state index contributed by atoms with van der Waals surface area (Å²) in [5.74, 6) is -7.06. The van der Waals surface area contributed by atoms with Crippen molar-refractivity contribution in [2.45, 2.75) is 41.2 Å². The third-order valence-electron chi connectivity index (χ3n) is 5.19. The van der Waals surface area contributed by atoms with Crippen molar-refractivity contribution in [2.75, 3.05) is 0 Å². The summed E-state index contributed by atoms with van der Waals surface area (Å²) in [5, 5.41) is 0. The summed E-state index contributed by atoms with van der Waals surface area (Å²) in [6.45, 7) is 7.61. The Morgan fingerprint density at radius 1 is 0.955 bits per heavy atom. The van der Waals surface area contributed by atoms with Gasteiger partial charge in [-0.1, -0.05) is 27.7 Å². The second-order valence-electron chi connectivity index (χ2n) is 6.84. The molecule has 0 aliphatic heterocycles. The van der Waals surface area contributed by atoms with Crippen molar-refractivity contribution in [3.8, 4) is 0 Å². The summed E-state index contributed by atoms with van der Waals surface area (Å²) < 4.78 is 59.2. The van der Waals surface area contributed by atoms with Gasteiger partial charge in [-0.3, -0.25) is 4.79 Å². The first kappa shape index (κ1) is 16.8. The van der Waals surface area contributed by atoms with E-state index in [4.69, 9.17) is 4.74 Å². The van der Waals surface area contributed by atoms with Crippen molar-refractivity contribution in [1.82, 2.24) is 0 Å². The highest BCUT2D eigenvalue weighted by Crippen LogP contribution is 2.68. The molecule has 0 amide bonds. The quantitative estimate of drug-likeness (QED) is 0.472. The van der Waals surface area contributed by atoms with Gasteiger partial charge in [-0.05, 0) is 17.8 Å². The summed E-state index contributed by atoms with van der Waals surface area (Å²) in [5.41, 5.74) is -2.25. The van der Waals surface area contributed by atoms with Crippen LogP contribution >= 0.6 is 0 Å². The maximum atomic E-state index is 13.7. The number of carbonyl (C=O) groups is 1. The second kappa shape index (κ2) is 4.96. The summed E-state index contributed by atoms with van der Waals surface area (Å²) in [6, 6.07) is 0. The van der Waals surface area contributed by atoms with Crippen LogP contribution in [0.25, 0.3) is 0 Å². The zero-order valence-corrected chi connectivity index (χ0v) is 13.1. The predicted molar refractivity (Wildman–Crippen MR) is 71.9 cm³/mol. The fraction of sp³-hybridized carbons (Fsp3) is 0.562. The molecule has 1 aliphatic rings. The van der Waals surface area contributed by atoms with Gasteiger partial charge < -0.3 is 4.74 Å². The summed E-state index contributed by atoms with van der Waals surface area (Å²) >= 11 is 0. The van der Waals surface area contributed by atoms with Crippen molar-refractivity contribution in [1.29, 1.82) is 0 Å². The van der Waals surface area contributed by atoms with E-state index in [1.165, 1.54) is 0 Å². The molecule has 0 spiro atoms. The average Bonchev–Trinajstić information content (AvgIpc) is 2.84. The molecule has 1 aromatic rings. The topological polar surface area (TPSA) is 26.3 Å². The van der Waals surface area contributed by atoms with Gasteiger partial charge in [0.2, 0.25) is 0 Å². The lowest BCUT2D eigenvalue weighted by Crippen LogP contribution is -2.14. The SMILES string of the molecule is Cc1c(F)c(F)c(COC(=O)C2C(C)(C)C2(C)C)c(F)c1F. The molecule has 0 atom stereocenters. The van der Waals surface area contributed by atoms with Crippen LogP contribution in [0.4, 0.5) is 17.6 Å². The molecular formula is C16H18F4O2. The average molecular weight is 318 g/mol. The molecule has 22 heavy (non-hydrogen) atoms. The molecule has 0 radical (unpaired) electrons. The maximum absolute atomic E-state index is 13.7. The molecule has 0 heterocycles. The molecule has 2 rings (SSSR count). The van der Waals surface area contributed by atoms with Crippen molar-refractivity contribution < 1.29 is 27.1 Å². The predicted octanol–water partition coefficient (Wildman–Crippen LogP) is 4.28. The largest absolute Gasteiger partial charge is 0.460 e. The van der Waals surface area contributed by atoms with Crippen LogP contribution in [0.2, 0.25) is 0 Å². The number of rotatable bonds is 3. The number of carbonyl (C=O) groups excluding carboxylic acids is 1. The Morgan fingerprint density at radius 2 is 1.36 bits per heavy atom. The Kier molecular flexibility index (Phi) is 3.78. The maximum Gasteiger partial charge on any atom is 0.310 e. The Hall–Kier alpha value is -1.59. The van der Waals surface area contributed by atoms with Crippen LogP contribution < -0.4 is 0 Å². The normalized spacial score (nSPS) is 19.1. The third kappa shape index (κ3) is 2.20. The van der Waals surface area contributed by atoms with Gasteiger partial charge >= 0.3 is 5.97 Å². The zero-order chi connectivity index (χ0) is 17.0. The molecule has 0 N–H and O–H groups in total. The number of benzene rings is 1. The Balaban J connectivity index is 2.19. The minimum Gasteiger partial charge on any atom is -0.460 e. The van der Waals surface area contributed by atoms with Crippen LogP contribution in [0, 0.1) is 46.9 Å². The third-order valence-corrected chi connectivity index (χ3v) is 5.19. The van der Waals surface area contributed by atoms with E-state index in [9.17, 15) is 22.4 Å². The van der Waals surface area contributed by atoms with Crippen LogP contribution in [0.15, 0.2) is 0 Å². The standard InChI is InChI=1S/C16H18F4O2/c1-7-9(17)11(19)8(12(20)10(7)18)6-22-14(21)13-15(2,3)16(13,4)5/h13H,6H2,1-5H3. The number of halogens is 4. The summed E-state index contributed by atoms with van der Waals surface area (Å²) in [4.78, 5) is 12.0. The molecule has 1 aromatic carbocycles. The smallest absolute Gasteiger partial charge is 0.310 e. The van der Waals surface area contributed by atoms with E-state index in [0.717, 1.165) is 6.92 Å². The van der Waals surface area contributed by atoms with Gasteiger partial charge in [0.15, 0.2) is 23.3 Å². The van der Waals surface area contributed by atoms with Crippen LogP contribution in [-0.2, 0) is 16.1 Å². The van der Waals surface area contributed by atoms with Crippen molar-refractivity contribution >= 4 is 5.97 Å². The Labute approximate surface area is 126 Å². The van der Waals surface area contributed by atoms with E-state index in [1.807, 2.05) is 27.7 Å². The number of hydrogen-bond donors (Lipinski definition) is 0. The zero-order valence-electron chi connectivity index (χ0n) is 13.1. The molecule has 1 aliphatic carbocycles. The molecule has 1 fully saturated rings. The fourth-order valence-corrected chi connectivity index (χ4v) is 2.93. The van der Waals surface area contributed by atoms with E-state index in [-0.39, 0.29) is 10.8 Å². The van der Waals surface area contributed by atoms with Gasteiger partial charge in [-0.25, -0.2) is 17.6 Å². The van der Waals surface area contributed by atoms with Gasteiger partial charge in [0.25, 0.3) is 0 Å². The van der Waals surface area contributed by atoms with E-state index < -0.39 is 52.9 Å². The van der Waals surface area contributed by atoms with E-state index in [1.54, 1.807) is 0 Å². The van der Waals surface area contributed by atoms with Gasteiger partial charge in [0.05, 0.1) is 11.5 Å². The Morgan fingerprint density at radius 3 is 1.73 bits per heavy atom. The lowest BCUT2D eigenvalue weighted by atomic mass is 10.0. The minimum absolute atomic E-state index is 0.301. The molecule has 0 saturated heterocycles. The van der Waals surface area contributed by atoms with E-state index in [0.29, 0.717) is 0 Å². The first-order chi connectivity index (χ1) is 9.94. The van der Waals surface area contributed by atoms with Gasteiger partial charge in [-0.15, -0.1) is 0 Å². The fourth-order valence-electron chi connectivity index (χ4n) is 2.93. The van der Waals surface area contributed by atoms with Crippen molar-refractivity contribution in [2.24, 2.45) is 16.7 Å². The first-order valence-electron chi connectivity index (χ1n) is 6.92. The monoisotopic (exact) mass is 318 g/mol. The highest BCUT2D eigenvalue weighted by Gasteiger charge is 2.69.